The van der Waals surface area contributed by atoms with Crippen molar-refractivity contribution in [2.24, 2.45) is 5.73 Å². The smallest absolute Gasteiger partial charge is 0.124 e. The van der Waals surface area contributed by atoms with E-state index in [2.05, 4.69) is 0 Å². The maximum Gasteiger partial charge on any atom is 0.124 e. The molecule has 1 atom stereocenters. The van der Waals surface area contributed by atoms with Gasteiger partial charge in [0.05, 0.1) is 13.7 Å². The van der Waals surface area contributed by atoms with Crippen LogP contribution in [0.15, 0.2) is 18.2 Å². The standard InChI is InChI=1S/C13H17NO3S/c1-15-11-5-9(13(14)18)6-12(7-11)17-10-3-2-4-16-8-10/h5-7,10H,2-4,8H2,1H3,(H2,14,18). The van der Waals surface area contributed by atoms with Crippen molar-refractivity contribution in [3.63, 3.8) is 0 Å². The summed E-state index contributed by atoms with van der Waals surface area (Å²) in [5.74, 6) is 1.40. The zero-order valence-electron chi connectivity index (χ0n) is 10.3. The zero-order valence-corrected chi connectivity index (χ0v) is 11.2. The molecule has 0 saturated carbocycles. The van der Waals surface area contributed by atoms with Crippen LogP contribution in [0.5, 0.6) is 11.5 Å². The Morgan fingerprint density at radius 1 is 1.39 bits per heavy atom. The highest BCUT2D eigenvalue weighted by molar-refractivity contribution is 7.80. The van der Waals surface area contributed by atoms with Crippen LogP contribution >= 0.6 is 12.2 Å². The fourth-order valence-corrected chi connectivity index (χ4v) is 2.01. The van der Waals surface area contributed by atoms with Gasteiger partial charge in [-0.2, -0.15) is 0 Å². The van der Waals surface area contributed by atoms with Gasteiger partial charge in [-0.3, -0.25) is 0 Å². The van der Waals surface area contributed by atoms with Gasteiger partial charge in [0.25, 0.3) is 0 Å². The van der Waals surface area contributed by atoms with E-state index in [4.69, 9.17) is 32.2 Å². The third-order valence-electron chi connectivity index (χ3n) is 2.82. The van der Waals surface area contributed by atoms with Crippen LogP contribution in [0.2, 0.25) is 0 Å². The Hall–Kier alpha value is -1.33. The monoisotopic (exact) mass is 267 g/mol. The van der Waals surface area contributed by atoms with E-state index in [1.807, 2.05) is 12.1 Å². The van der Waals surface area contributed by atoms with Crippen molar-refractivity contribution >= 4 is 17.2 Å². The molecule has 4 nitrogen and oxygen atoms in total. The zero-order chi connectivity index (χ0) is 13.0. The van der Waals surface area contributed by atoms with Gasteiger partial charge in [-0.15, -0.1) is 0 Å². The molecule has 0 aliphatic carbocycles. The van der Waals surface area contributed by atoms with Gasteiger partial charge in [0.2, 0.25) is 0 Å². The first-order chi connectivity index (χ1) is 8.69. The minimum Gasteiger partial charge on any atom is -0.497 e. The van der Waals surface area contributed by atoms with E-state index in [9.17, 15) is 0 Å². The summed E-state index contributed by atoms with van der Waals surface area (Å²) in [5, 5.41) is 0. The van der Waals surface area contributed by atoms with Crippen molar-refractivity contribution in [2.75, 3.05) is 20.3 Å². The molecule has 0 bridgehead atoms. The molecule has 18 heavy (non-hydrogen) atoms. The second kappa shape index (κ2) is 6.02. The second-order valence-corrected chi connectivity index (χ2v) is 4.66. The first-order valence-electron chi connectivity index (χ1n) is 5.92. The van der Waals surface area contributed by atoms with Crippen LogP contribution in [-0.2, 0) is 4.74 Å². The normalized spacial score (nSPS) is 19.3. The van der Waals surface area contributed by atoms with Crippen LogP contribution in [0.3, 0.4) is 0 Å². The minimum absolute atomic E-state index is 0.0880. The van der Waals surface area contributed by atoms with Gasteiger partial charge in [-0.05, 0) is 25.0 Å². The second-order valence-electron chi connectivity index (χ2n) is 4.22. The van der Waals surface area contributed by atoms with E-state index in [-0.39, 0.29) is 6.10 Å². The highest BCUT2D eigenvalue weighted by Crippen LogP contribution is 2.25. The first-order valence-corrected chi connectivity index (χ1v) is 6.33. The molecule has 0 radical (unpaired) electrons. The fraction of sp³-hybridized carbons (Fsp3) is 0.462. The molecule has 1 aliphatic heterocycles. The van der Waals surface area contributed by atoms with E-state index >= 15 is 0 Å². The Morgan fingerprint density at radius 2 is 2.17 bits per heavy atom. The maximum atomic E-state index is 5.87. The summed E-state index contributed by atoms with van der Waals surface area (Å²) in [6, 6.07) is 5.46. The first kappa shape index (κ1) is 13.1. The number of methoxy groups -OCH3 is 1. The third kappa shape index (κ3) is 3.34. The van der Waals surface area contributed by atoms with Gasteiger partial charge in [0.1, 0.15) is 22.6 Å². The summed E-state index contributed by atoms with van der Waals surface area (Å²) in [4.78, 5) is 0.332. The molecular weight excluding hydrogens is 250 g/mol. The average molecular weight is 267 g/mol. The molecule has 1 unspecified atom stereocenters. The summed E-state index contributed by atoms with van der Waals surface area (Å²) in [5.41, 5.74) is 6.38. The van der Waals surface area contributed by atoms with Gasteiger partial charge in [0.15, 0.2) is 0 Å². The van der Waals surface area contributed by atoms with E-state index in [0.717, 1.165) is 25.0 Å². The Bertz CT molecular complexity index is 430. The molecule has 1 aromatic rings. The van der Waals surface area contributed by atoms with E-state index in [1.54, 1.807) is 13.2 Å². The average Bonchev–Trinajstić information content (AvgIpc) is 2.39. The minimum atomic E-state index is 0.0880. The summed E-state index contributed by atoms with van der Waals surface area (Å²) < 4.78 is 16.5. The Kier molecular flexibility index (Phi) is 4.38. The summed E-state index contributed by atoms with van der Waals surface area (Å²) in [7, 11) is 1.60. The molecule has 1 saturated heterocycles. The van der Waals surface area contributed by atoms with Crippen LogP contribution in [0.25, 0.3) is 0 Å². The van der Waals surface area contributed by atoms with Crippen LogP contribution < -0.4 is 15.2 Å². The van der Waals surface area contributed by atoms with Crippen molar-refractivity contribution in [3.8, 4) is 11.5 Å². The van der Waals surface area contributed by atoms with Crippen molar-refractivity contribution in [1.29, 1.82) is 0 Å². The summed E-state index contributed by atoms with van der Waals surface area (Å²) in [6.45, 7) is 1.44. The summed E-state index contributed by atoms with van der Waals surface area (Å²) >= 11 is 4.98. The Balaban J connectivity index is 2.15. The SMILES string of the molecule is COc1cc(OC2CCCOC2)cc(C(N)=S)c1. The lowest BCUT2D eigenvalue weighted by atomic mass is 10.1. The lowest BCUT2D eigenvalue weighted by Gasteiger charge is -2.23. The number of rotatable bonds is 4. The van der Waals surface area contributed by atoms with Gasteiger partial charge in [-0.1, -0.05) is 12.2 Å². The van der Waals surface area contributed by atoms with Crippen LogP contribution in [0, 0.1) is 0 Å². The molecule has 1 aromatic carbocycles. The van der Waals surface area contributed by atoms with Crippen molar-refractivity contribution in [1.82, 2.24) is 0 Å². The Labute approximate surface area is 112 Å². The van der Waals surface area contributed by atoms with Crippen LogP contribution in [-0.4, -0.2) is 31.4 Å². The van der Waals surface area contributed by atoms with Crippen molar-refractivity contribution in [2.45, 2.75) is 18.9 Å². The molecule has 2 rings (SSSR count). The van der Waals surface area contributed by atoms with E-state index in [0.29, 0.717) is 23.1 Å². The molecule has 2 N–H and O–H groups in total. The predicted molar refractivity (Wildman–Crippen MR) is 73.4 cm³/mol. The quantitative estimate of drug-likeness (QED) is 0.844. The number of benzene rings is 1. The number of ether oxygens (including phenoxy) is 3. The lowest BCUT2D eigenvalue weighted by molar-refractivity contribution is 0.00735. The summed E-state index contributed by atoms with van der Waals surface area (Å²) in [6.07, 6.45) is 2.11. The van der Waals surface area contributed by atoms with Crippen LogP contribution in [0.4, 0.5) is 0 Å². The maximum absolute atomic E-state index is 5.87. The number of hydrogen-bond acceptors (Lipinski definition) is 4. The molecule has 0 aromatic heterocycles. The largest absolute Gasteiger partial charge is 0.497 e. The van der Waals surface area contributed by atoms with Gasteiger partial charge in [-0.25, -0.2) is 0 Å². The third-order valence-corrected chi connectivity index (χ3v) is 3.06. The number of nitrogens with two attached hydrogens (primary N) is 1. The van der Waals surface area contributed by atoms with Crippen LogP contribution in [0.1, 0.15) is 18.4 Å². The molecule has 0 amide bonds. The molecule has 1 heterocycles. The fourth-order valence-electron chi connectivity index (χ4n) is 1.90. The number of hydrogen-bond donors (Lipinski definition) is 1. The van der Waals surface area contributed by atoms with Gasteiger partial charge < -0.3 is 19.9 Å². The number of thiocarbonyl (C=S) groups is 1. The lowest BCUT2D eigenvalue weighted by Crippen LogP contribution is -2.28. The topological polar surface area (TPSA) is 53.7 Å². The molecule has 98 valence electrons. The van der Waals surface area contributed by atoms with Gasteiger partial charge >= 0.3 is 0 Å². The van der Waals surface area contributed by atoms with E-state index < -0.39 is 0 Å². The predicted octanol–water partition coefficient (Wildman–Crippen LogP) is 1.89. The highest BCUT2D eigenvalue weighted by Gasteiger charge is 2.16. The van der Waals surface area contributed by atoms with Crippen molar-refractivity contribution in [3.05, 3.63) is 23.8 Å². The molecular formula is C13H17NO3S. The molecule has 1 fully saturated rings. The molecule has 5 heteroatoms. The van der Waals surface area contributed by atoms with Crippen molar-refractivity contribution < 1.29 is 14.2 Å². The highest BCUT2D eigenvalue weighted by atomic mass is 32.1. The Morgan fingerprint density at radius 3 is 2.78 bits per heavy atom. The molecule has 0 spiro atoms. The van der Waals surface area contributed by atoms with Gasteiger partial charge in [0, 0.05) is 18.2 Å². The van der Waals surface area contributed by atoms with E-state index in [1.165, 1.54) is 0 Å². The molecule has 1 aliphatic rings.